The van der Waals surface area contributed by atoms with Crippen molar-refractivity contribution in [3.8, 4) is 0 Å². The van der Waals surface area contributed by atoms with Crippen molar-refractivity contribution in [2.45, 2.75) is 34.5 Å². The van der Waals surface area contributed by atoms with Gasteiger partial charge in [0.1, 0.15) is 5.76 Å². The Morgan fingerprint density at radius 1 is 1.27 bits per heavy atom. The average molecular weight is 470 g/mol. The largest absolute Gasteiger partial charge is 0.467 e. The Labute approximate surface area is 181 Å². The zero-order valence-electron chi connectivity index (χ0n) is 16.1. The van der Waals surface area contributed by atoms with Crippen molar-refractivity contribution in [2.24, 2.45) is 0 Å². The maximum absolute atomic E-state index is 12.7. The predicted octanol–water partition coefficient (Wildman–Crippen LogP) is 3.83. The molecular weight excluding hydrogens is 450 g/mol. The van der Waals surface area contributed by atoms with Crippen LogP contribution >= 0.6 is 23.1 Å². The van der Waals surface area contributed by atoms with Crippen LogP contribution in [0, 0.1) is 10.1 Å². The molecule has 1 aromatic carbocycles. The van der Waals surface area contributed by atoms with Gasteiger partial charge >= 0.3 is 0 Å². The molecule has 0 bridgehead atoms. The first-order chi connectivity index (χ1) is 14.3. The third-order valence-corrected chi connectivity index (χ3v) is 8.11. The molecule has 10 nitrogen and oxygen atoms in total. The van der Waals surface area contributed by atoms with Gasteiger partial charge in [-0.05, 0) is 36.0 Å². The van der Waals surface area contributed by atoms with Crippen LogP contribution in [0.5, 0.6) is 0 Å². The fourth-order valence-electron chi connectivity index (χ4n) is 2.59. The minimum absolute atomic E-state index is 0.111. The first-order valence-electron chi connectivity index (χ1n) is 8.91. The summed E-state index contributed by atoms with van der Waals surface area (Å²) in [7, 11) is -3.80. The third kappa shape index (κ3) is 4.98. The fourth-order valence-corrected chi connectivity index (χ4v) is 5.86. The quantitative estimate of drug-likeness (QED) is 0.347. The number of nitro groups is 1. The SMILES string of the molecule is CCN(CC)S(=O)(=O)c1ccc(Sc2nnc(NCc3ccco3)s2)c([N+](=O)[O-])c1. The van der Waals surface area contributed by atoms with E-state index in [9.17, 15) is 18.5 Å². The van der Waals surface area contributed by atoms with Crippen LogP contribution in [-0.2, 0) is 16.6 Å². The Bertz CT molecular complexity index is 1110. The van der Waals surface area contributed by atoms with Crippen LogP contribution in [0.25, 0.3) is 0 Å². The topological polar surface area (TPSA) is 131 Å². The highest BCUT2D eigenvalue weighted by atomic mass is 32.2. The number of sulfonamides is 1. The number of nitrogens with one attached hydrogen (secondary N) is 1. The molecule has 13 heteroatoms. The summed E-state index contributed by atoms with van der Waals surface area (Å²) in [6.45, 7) is 4.42. The molecule has 0 fully saturated rings. The van der Waals surface area contributed by atoms with Crippen molar-refractivity contribution in [1.29, 1.82) is 0 Å². The molecule has 0 saturated heterocycles. The number of hydrogen-bond donors (Lipinski definition) is 1. The zero-order valence-corrected chi connectivity index (χ0v) is 18.6. The van der Waals surface area contributed by atoms with E-state index in [0.29, 0.717) is 16.0 Å². The van der Waals surface area contributed by atoms with Crippen LogP contribution in [0.4, 0.5) is 10.8 Å². The van der Waals surface area contributed by atoms with E-state index in [2.05, 4.69) is 15.5 Å². The Morgan fingerprint density at radius 3 is 2.67 bits per heavy atom. The second-order valence-corrected chi connectivity index (χ2v) is 10.1. The monoisotopic (exact) mass is 469 g/mol. The predicted molar refractivity (Wildman–Crippen MR) is 113 cm³/mol. The van der Waals surface area contributed by atoms with Gasteiger partial charge < -0.3 is 9.73 Å². The molecule has 0 aliphatic rings. The highest BCUT2D eigenvalue weighted by molar-refractivity contribution is 8.01. The minimum Gasteiger partial charge on any atom is -0.467 e. The summed E-state index contributed by atoms with van der Waals surface area (Å²) in [6, 6.07) is 7.49. The lowest BCUT2D eigenvalue weighted by molar-refractivity contribution is -0.388. The number of nitro benzene ring substituents is 1. The lowest BCUT2D eigenvalue weighted by Gasteiger charge is -2.18. The summed E-state index contributed by atoms with van der Waals surface area (Å²) in [5, 5.41) is 23.2. The molecule has 2 heterocycles. The summed E-state index contributed by atoms with van der Waals surface area (Å²) in [5.41, 5.74) is -0.298. The second-order valence-electron chi connectivity index (χ2n) is 5.88. The first-order valence-corrected chi connectivity index (χ1v) is 12.0. The number of hydrogen-bond acceptors (Lipinski definition) is 10. The van der Waals surface area contributed by atoms with Crippen LogP contribution < -0.4 is 5.32 Å². The van der Waals surface area contributed by atoms with Crippen LogP contribution in [0.15, 0.2) is 55.1 Å². The van der Waals surface area contributed by atoms with Crippen molar-refractivity contribution in [3.05, 3.63) is 52.5 Å². The number of aromatic nitrogens is 2. The van der Waals surface area contributed by atoms with E-state index < -0.39 is 14.9 Å². The number of benzene rings is 1. The van der Waals surface area contributed by atoms with Crippen molar-refractivity contribution >= 4 is 43.9 Å². The van der Waals surface area contributed by atoms with Crippen LogP contribution in [-0.4, -0.2) is 40.9 Å². The standard InChI is InChI=1S/C17H19N5O5S3/c1-3-21(4-2)30(25,26)13-7-8-15(14(10-13)22(23)24)28-17-20-19-16(29-17)18-11-12-6-5-9-27-12/h5-10H,3-4,11H2,1-2H3,(H,18,19). The molecular formula is C17H19N5O5S3. The first kappa shape index (κ1) is 22.2. The maximum Gasteiger partial charge on any atom is 0.284 e. The van der Waals surface area contributed by atoms with E-state index in [1.807, 2.05) is 6.07 Å². The van der Waals surface area contributed by atoms with E-state index in [0.717, 1.165) is 23.6 Å². The van der Waals surface area contributed by atoms with E-state index in [1.165, 1.54) is 27.8 Å². The summed E-state index contributed by atoms with van der Waals surface area (Å²) in [4.78, 5) is 11.1. The molecule has 0 unspecified atom stereocenters. The molecule has 0 spiro atoms. The van der Waals surface area contributed by atoms with Crippen molar-refractivity contribution < 1.29 is 17.8 Å². The highest BCUT2D eigenvalue weighted by Crippen LogP contribution is 2.38. The summed E-state index contributed by atoms with van der Waals surface area (Å²) in [6.07, 6.45) is 1.57. The zero-order chi connectivity index (χ0) is 21.7. The Hall–Kier alpha value is -2.48. The third-order valence-electron chi connectivity index (χ3n) is 4.07. The van der Waals surface area contributed by atoms with E-state index >= 15 is 0 Å². The lowest BCUT2D eigenvalue weighted by atomic mass is 10.3. The number of rotatable bonds is 10. The molecule has 0 radical (unpaired) electrons. The number of furan rings is 1. The van der Waals surface area contributed by atoms with E-state index in [4.69, 9.17) is 4.42 Å². The van der Waals surface area contributed by atoms with Gasteiger partial charge in [0.25, 0.3) is 5.69 Å². The summed E-state index contributed by atoms with van der Waals surface area (Å²) < 4.78 is 32.3. The lowest BCUT2D eigenvalue weighted by Crippen LogP contribution is -2.30. The van der Waals surface area contributed by atoms with Gasteiger partial charge in [0.05, 0.1) is 27.5 Å². The van der Waals surface area contributed by atoms with Gasteiger partial charge in [-0.15, -0.1) is 10.2 Å². The molecule has 0 amide bonds. The maximum atomic E-state index is 12.7. The Morgan fingerprint density at radius 2 is 2.03 bits per heavy atom. The van der Waals surface area contributed by atoms with Crippen LogP contribution in [0.1, 0.15) is 19.6 Å². The highest BCUT2D eigenvalue weighted by Gasteiger charge is 2.26. The van der Waals surface area contributed by atoms with Crippen LogP contribution in [0.2, 0.25) is 0 Å². The Balaban J connectivity index is 1.80. The van der Waals surface area contributed by atoms with Gasteiger partial charge in [-0.2, -0.15) is 4.31 Å². The molecule has 3 rings (SSSR count). The molecule has 0 saturated carbocycles. The van der Waals surface area contributed by atoms with Gasteiger partial charge in [-0.25, -0.2) is 8.42 Å². The smallest absolute Gasteiger partial charge is 0.284 e. The average Bonchev–Trinajstić information content (AvgIpc) is 3.39. The van der Waals surface area contributed by atoms with E-state index in [-0.39, 0.29) is 28.6 Å². The summed E-state index contributed by atoms with van der Waals surface area (Å²) >= 11 is 2.29. The van der Waals surface area contributed by atoms with E-state index in [1.54, 1.807) is 26.2 Å². The van der Waals surface area contributed by atoms with Crippen molar-refractivity contribution in [2.75, 3.05) is 18.4 Å². The molecule has 3 aromatic rings. The van der Waals surface area contributed by atoms with Crippen molar-refractivity contribution in [1.82, 2.24) is 14.5 Å². The molecule has 0 aliphatic heterocycles. The van der Waals surface area contributed by atoms with Gasteiger partial charge in [0.2, 0.25) is 15.2 Å². The molecule has 160 valence electrons. The van der Waals surface area contributed by atoms with Gasteiger partial charge in [-0.1, -0.05) is 25.2 Å². The molecule has 2 aromatic heterocycles. The number of anilines is 1. The Kier molecular flexibility index (Phi) is 7.07. The molecule has 1 N–H and O–H groups in total. The molecule has 30 heavy (non-hydrogen) atoms. The number of nitrogens with zero attached hydrogens (tertiary/aromatic N) is 4. The molecule has 0 aliphatic carbocycles. The normalized spacial score (nSPS) is 11.7. The summed E-state index contributed by atoms with van der Waals surface area (Å²) in [5.74, 6) is 0.736. The van der Waals surface area contributed by atoms with Gasteiger partial charge in [0, 0.05) is 19.2 Å². The van der Waals surface area contributed by atoms with Crippen molar-refractivity contribution in [3.63, 3.8) is 0 Å². The van der Waals surface area contributed by atoms with Crippen LogP contribution in [0.3, 0.4) is 0 Å². The molecule has 0 atom stereocenters. The second kappa shape index (κ2) is 9.55. The minimum atomic E-state index is -3.80. The fraction of sp³-hybridized carbons (Fsp3) is 0.294. The van der Waals surface area contributed by atoms with Gasteiger partial charge in [-0.3, -0.25) is 10.1 Å². The van der Waals surface area contributed by atoms with Gasteiger partial charge in [0.15, 0.2) is 4.34 Å².